The average molecular weight is 361 g/mol. The molecular weight excluding hydrogens is 334 g/mol. The van der Waals surface area contributed by atoms with Gasteiger partial charge in [0.05, 0.1) is 36.8 Å². The fourth-order valence-electron chi connectivity index (χ4n) is 2.96. The topological polar surface area (TPSA) is 72.9 Å². The van der Waals surface area contributed by atoms with Gasteiger partial charge in [-0.3, -0.25) is 19.3 Å². The summed E-state index contributed by atoms with van der Waals surface area (Å²) in [5.41, 5.74) is 0.869. The van der Waals surface area contributed by atoms with E-state index in [2.05, 4.69) is 6.92 Å². The van der Waals surface area contributed by atoms with Crippen molar-refractivity contribution >= 4 is 17.8 Å². The molecule has 2 rings (SSSR count). The van der Waals surface area contributed by atoms with E-state index < -0.39 is 0 Å². The van der Waals surface area contributed by atoms with Crippen LogP contribution in [0.5, 0.6) is 0 Å². The number of ether oxygens (including phenoxy) is 2. The first-order valence-electron chi connectivity index (χ1n) is 9.29. The van der Waals surface area contributed by atoms with E-state index in [9.17, 15) is 14.4 Å². The molecule has 1 unspecified atom stereocenters. The number of rotatable bonds is 11. The van der Waals surface area contributed by atoms with Crippen molar-refractivity contribution in [2.75, 3.05) is 26.4 Å². The lowest BCUT2D eigenvalue weighted by atomic mass is 10.00. The van der Waals surface area contributed by atoms with Crippen LogP contribution in [0.3, 0.4) is 0 Å². The molecule has 1 aromatic rings. The van der Waals surface area contributed by atoms with Crippen molar-refractivity contribution in [1.82, 2.24) is 4.90 Å². The van der Waals surface area contributed by atoms with Gasteiger partial charge in [0.15, 0.2) is 0 Å². The van der Waals surface area contributed by atoms with E-state index in [1.54, 1.807) is 24.3 Å². The number of carbonyl (C=O) groups is 3. The molecule has 26 heavy (non-hydrogen) atoms. The Hall–Kier alpha value is -2.21. The van der Waals surface area contributed by atoms with Crippen molar-refractivity contribution in [1.29, 1.82) is 0 Å². The molecule has 1 aliphatic heterocycles. The van der Waals surface area contributed by atoms with Crippen LogP contribution in [0.1, 0.15) is 60.2 Å². The molecule has 0 spiro atoms. The molecule has 0 fully saturated rings. The lowest BCUT2D eigenvalue weighted by Crippen LogP contribution is -2.33. The molecule has 6 heteroatoms. The summed E-state index contributed by atoms with van der Waals surface area (Å²) in [6.07, 6.45) is 3.71. The largest absolute Gasteiger partial charge is 0.463 e. The Balaban J connectivity index is 1.65. The van der Waals surface area contributed by atoms with Crippen LogP contribution in [0, 0.1) is 5.92 Å². The maximum Gasteiger partial charge on any atom is 0.308 e. The van der Waals surface area contributed by atoms with Crippen LogP contribution in [0.4, 0.5) is 0 Å². The third-order valence-corrected chi connectivity index (χ3v) is 4.54. The van der Waals surface area contributed by atoms with Gasteiger partial charge in [-0.1, -0.05) is 38.8 Å². The highest BCUT2D eigenvalue weighted by Crippen LogP contribution is 2.21. The minimum absolute atomic E-state index is 0.0479. The predicted octanol–water partition coefficient (Wildman–Crippen LogP) is 3.06. The van der Waals surface area contributed by atoms with Gasteiger partial charge in [0, 0.05) is 0 Å². The molecule has 1 aromatic carbocycles. The Morgan fingerprint density at radius 3 is 2.27 bits per heavy atom. The van der Waals surface area contributed by atoms with Crippen LogP contribution >= 0.6 is 0 Å². The Kier molecular flexibility index (Phi) is 7.78. The maximum atomic E-state index is 12.2. The summed E-state index contributed by atoms with van der Waals surface area (Å²) in [4.78, 5) is 37.5. The van der Waals surface area contributed by atoms with Gasteiger partial charge in [0.25, 0.3) is 11.8 Å². The highest BCUT2D eigenvalue weighted by atomic mass is 16.6. The Labute approximate surface area is 154 Å². The van der Waals surface area contributed by atoms with Crippen molar-refractivity contribution in [3.05, 3.63) is 35.4 Å². The first kappa shape index (κ1) is 20.1. The van der Waals surface area contributed by atoms with Gasteiger partial charge < -0.3 is 9.47 Å². The number of esters is 1. The number of benzene rings is 1. The van der Waals surface area contributed by atoms with Gasteiger partial charge in [-0.05, 0) is 25.0 Å². The van der Waals surface area contributed by atoms with Gasteiger partial charge in [0.1, 0.15) is 6.61 Å². The van der Waals surface area contributed by atoms with Crippen molar-refractivity contribution < 1.29 is 23.9 Å². The molecule has 1 atom stereocenters. The summed E-state index contributed by atoms with van der Waals surface area (Å²) in [6.45, 7) is 4.92. The maximum absolute atomic E-state index is 12.2. The van der Waals surface area contributed by atoms with E-state index in [1.165, 1.54) is 4.90 Å². The number of nitrogens with zero attached hydrogens (tertiary/aromatic N) is 1. The molecule has 0 saturated carbocycles. The van der Waals surface area contributed by atoms with Crippen LogP contribution < -0.4 is 0 Å². The van der Waals surface area contributed by atoms with Crippen LogP contribution in [-0.2, 0) is 14.3 Å². The van der Waals surface area contributed by atoms with E-state index in [4.69, 9.17) is 9.47 Å². The Bertz CT molecular complexity index is 608. The Morgan fingerprint density at radius 2 is 1.69 bits per heavy atom. The number of carbonyl (C=O) groups excluding carboxylic acids is 3. The molecular formula is C20H27NO5. The molecule has 0 N–H and O–H groups in total. The Morgan fingerprint density at radius 1 is 1.04 bits per heavy atom. The molecule has 0 saturated heterocycles. The summed E-state index contributed by atoms with van der Waals surface area (Å²) in [5.74, 6) is -0.803. The highest BCUT2D eigenvalue weighted by molar-refractivity contribution is 6.21. The molecule has 1 heterocycles. The SMILES string of the molecule is CCCCC(CC)C(=O)OCCOCCN1C(=O)c2ccccc2C1=O. The zero-order valence-corrected chi connectivity index (χ0v) is 15.5. The summed E-state index contributed by atoms with van der Waals surface area (Å²) in [6, 6.07) is 6.78. The van der Waals surface area contributed by atoms with Gasteiger partial charge in [-0.15, -0.1) is 0 Å². The number of amides is 2. The quantitative estimate of drug-likeness (QED) is 0.344. The third kappa shape index (κ3) is 4.91. The van der Waals surface area contributed by atoms with Crippen molar-refractivity contribution in [3.63, 3.8) is 0 Å². The zero-order chi connectivity index (χ0) is 18.9. The molecule has 0 bridgehead atoms. The molecule has 2 amide bonds. The van der Waals surface area contributed by atoms with Gasteiger partial charge >= 0.3 is 5.97 Å². The number of unbranched alkanes of at least 4 members (excludes halogenated alkanes) is 1. The minimum atomic E-state index is -0.290. The summed E-state index contributed by atoms with van der Waals surface area (Å²) < 4.78 is 10.7. The average Bonchev–Trinajstić information content (AvgIpc) is 2.90. The lowest BCUT2D eigenvalue weighted by Gasteiger charge is -2.15. The first-order valence-corrected chi connectivity index (χ1v) is 9.29. The van der Waals surface area contributed by atoms with Crippen molar-refractivity contribution in [2.24, 2.45) is 5.92 Å². The zero-order valence-electron chi connectivity index (χ0n) is 15.5. The first-order chi connectivity index (χ1) is 12.6. The van der Waals surface area contributed by atoms with Crippen molar-refractivity contribution in [2.45, 2.75) is 39.5 Å². The summed E-state index contributed by atoms with van der Waals surface area (Å²) >= 11 is 0. The van der Waals surface area contributed by atoms with Crippen LogP contribution in [-0.4, -0.2) is 49.0 Å². The van der Waals surface area contributed by atoms with Gasteiger partial charge in [0.2, 0.25) is 0 Å². The highest BCUT2D eigenvalue weighted by Gasteiger charge is 2.34. The molecule has 6 nitrogen and oxygen atoms in total. The predicted molar refractivity (Wildman–Crippen MR) is 96.9 cm³/mol. The van der Waals surface area contributed by atoms with E-state index >= 15 is 0 Å². The number of hydrogen-bond donors (Lipinski definition) is 0. The number of fused-ring (bicyclic) bond motifs is 1. The van der Waals surface area contributed by atoms with E-state index in [1.807, 2.05) is 6.92 Å². The molecule has 142 valence electrons. The monoisotopic (exact) mass is 361 g/mol. The van der Waals surface area contributed by atoms with Crippen molar-refractivity contribution in [3.8, 4) is 0 Å². The fraction of sp³-hybridized carbons (Fsp3) is 0.550. The number of imide groups is 1. The smallest absolute Gasteiger partial charge is 0.308 e. The second-order valence-electron chi connectivity index (χ2n) is 6.33. The van der Waals surface area contributed by atoms with E-state index in [0.717, 1.165) is 25.7 Å². The van der Waals surface area contributed by atoms with E-state index in [-0.39, 0.29) is 50.1 Å². The molecule has 0 aromatic heterocycles. The second kappa shape index (κ2) is 10.1. The van der Waals surface area contributed by atoms with Gasteiger partial charge in [-0.2, -0.15) is 0 Å². The fourth-order valence-corrected chi connectivity index (χ4v) is 2.96. The third-order valence-electron chi connectivity index (χ3n) is 4.54. The lowest BCUT2D eigenvalue weighted by molar-refractivity contribution is -0.150. The van der Waals surface area contributed by atoms with E-state index in [0.29, 0.717) is 11.1 Å². The summed E-state index contributed by atoms with van der Waals surface area (Å²) in [5, 5.41) is 0. The standard InChI is InChI=1S/C20H27NO5/c1-3-5-8-15(4-2)20(24)26-14-13-25-12-11-21-18(22)16-9-6-7-10-17(16)19(21)23/h6-7,9-10,15H,3-5,8,11-14H2,1-2H3. The molecule has 0 radical (unpaired) electrons. The minimum Gasteiger partial charge on any atom is -0.463 e. The number of hydrogen-bond acceptors (Lipinski definition) is 5. The van der Waals surface area contributed by atoms with Gasteiger partial charge in [-0.25, -0.2) is 0 Å². The van der Waals surface area contributed by atoms with Crippen LogP contribution in [0.15, 0.2) is 24.3 Å². The molecule has 0 aliphatic carbocycles. The van der Waals surface area contributed by atoms with Crippen LogP contribution in [0.2, 0.25) is 0 Å². The van der Waals surface area contributed by atoms with Crippen LogP contribution in [0.25, 0.3) is 0 Å². The summed E-state index contributed by atoms with van der Waals surface area (Å²) in [7, 11) is 0. The normalized spacial score (nSPS) is 14.5. The molecule has 1 aliphatic rings. The second-order valence-corrected chi connectivity index (χ2v) is 6.33.